The van der Waals surface area contributed by atoms with Gasteiger partial charge < -0.3 is 15.6 Å². The van der Waals surface area contributed by atoms with E-state index in [1.54, 1.807) is 13.0 Å². The van der Waals surface area contributed by atoms with Gasteiger partial charge in [0.05, 0.1) is 0 Å². The molecule has 0 aliphatic carbocycles. The van der Waals surface area contributed by atoms with Crippen molar-refractivity contribution in [2.24, 2.45) is 11.7 Å². The van der Waals surface area contributed by atoms with Crippen LogP contribution in [-0.4, -0.2) is 16.5 Å². The minimum absolute atomic E-state index is 0.0373. The SMILES string of the molecule is Cc1ccc(CN)c(=O)n1CC(=O)NC(C)C(C)C. The summed E-state index contributed by atoms with van der Waals surface area (Å²) in [5, 5.41) is 2.89. The lowest BCUT2D eigenvalue weighted by Crippen LogP contribution is -2.40. The highest BCUT2D eigenvalue weighted by atomic mass is 16.2. The van der Waals surface area contributed by atoms with Crippen LogP contribution in [0, 0.1) is 12.8 Å². The number of hydrogen-bond donors (Lipinski definition) is 2. The number of nitrogens with one attached hydrogen (secondary N) is 1. The van der Waals surface area contributed by atoms with Gasteiger partial charge >= 0.3 is 0 Å². The summed E-state index contributed by atoms with van der Waals surface area (Å²) in [5.74, 6) is 0.206. The third kappa shape index (κ3) is 3.92. The number of aryl methyl sites for hydroxylation is 1. The Kier molecular flexibility index (Phi) is 5.30. The van der Waals surface area contributed by atoms with Crippen molar-refractivity contribution in [1.82, 2.24) is 9.88 Å². The molecule has 0 fully saturated rings. The van der Waals surface area contributed by atoms with E-state index in [9.17, 15) is 9.59 Å². The molecule has 19 heavy (non-hydrogen) atoms. The molecule has 0 saturated carbocycles. The smallest absolute Gasteiger partial charge is 0.255 e. The van der Waals surface area contributed by atoms with E-state index in [4.69, 9.17) is 5.73 Å². The maximum atomic E-state index is 12.1. The van der Waals surface area contributed by atoms with Crippen LogP contribution >= 0.6 is 0 Å². The molecule has 1 amide bonds. The second kappa shape index (κ2) is 6.52. The van der Waals surface area contributed by atoms with Crippen molar-refractivity contribution in [3.63, 3.8) is 0 Å². The molecule has 0 aliphatic heterocycles. The van der Waals surface area contributed by atoms with Crippen LogP contribution in [0.15, 0.2) is 16.9 Å². The van der Waals surface area contributed by atoms with Crippen molar-refractivity contribution in [2.45, 2.75) is 46.8 Å². The molecule has 0 aliphatic rings. The third-order valence-electron chi connectivity index (χ3n) is 3.38. The van der Waals surface area contributed by atoms with Gasteiger partial charge in [0.15, 0.2) is 0 Å². The second-order valence-electron chi connectivity index (χ2n) is 5.20. The zero-order valence-electron chi connectivity index (χ0n) is 12.1. The normalized spacial score (nSPS) is 12.5. The molecule has 0 radical (unpaired) electrons. The third-order valence-corrected chi connectivity index (χ3v) is 3.38. The van der Waals surface area contributed by atoms with Crippen LogP contribution in [0.25, 0.3) is 0 Å². The van der Waals surface area contributed by atoms with Gasteiger partial charge in [0.1, 0.15) is 6.54 Å². The first-order chi connectivity index (χ1) is 8.86. The predicted molar refractivity (Wildman–Crippen MR) is 75.8 cm³/mol. The fraction of sp³-hybridized carbons (Fsp3) is 0.571. The molecule has 106 valence electrons. The number of rotatable bonds is 5. The molecule has 5 heteroatoms. The van der Waals surface area contributed by atoms with E-state index in [2.05, 4.69) is 5.32 Å². The summed E-state index contributed by atoms with van der Waals surface area (Å²) in [6.07, 6.45) is 0. The van der Waals surface area contributed by atoms with Gasteiger partial charge in [0, 0.05) is 23.8 Å². The van der Waals surface area contributed by atoms with E-state index >= 15 is 0 Å². The number of carbonyl (C=O) groups excluding carboxylic acids is 1. The largest absolute Gasteiger partial charge is 0.352 e. The van der Waals surface area contributed by atoms with E-state index in [0.717, 1.165) is 5.69 Å². The molecular formula is C14H23N3O2. The van der Waals surface area contributed by atoms with Gasteiger partial charge in [-0.15, -0.1) is 0 Å². The van der Waals surface area contributed by atoms with Crippen LogP contribution in [0.4, 0.5) is 0 Å². The summed E-state index contributed by atoms with van der Waals surface area (Å²) < 4.78 is 1.46. The molecule has 0 saturated heterocycles. The number of carbonyl (C=O) groups is 1. The van der Waals surface area contributed by atoms with Crippen LogP contribution in [-0.2, 0) is 17.9 Å². The number of hydrogen-bond acceptors (Lipinski definition) is 3. The van der Waals surface area contributed by atoms with E-state index in [1.807, 2.05) is 26.8 Å². The highest BCUT2D eigenvalue weighted by molar-refractivity contribution is 5.76. The maximum Gasteiger partial charge on any atom is 0.255 e. The topological polar surface area (TPSA) is 77.1 Å². The van der Waals surface area contributed by atoms with Crippen LogP contribution in [0.2, 0.25) is 0 Å². The average Bonchev–Trinajstić information content (AvgIpc) is 2.34. The Bertz CT molecular complexity index is 506. The standard InChI is InChI=1S/C14H23N3O2/c1-9(2)11(4)16-13(18)8-17-10(3)5-6-12(7-15)14(17)19/h5-6,9,11H,7-8,15H2,1-4H3,(H,16,18). The Morgan fingerprint density at radius 2 is 2.00 bits per heavy atom. The lowest BCUT2D eigenvalue weighted by molar-refractivity contribution is -0.122. The summed E-state index contributed by atoms with van der Waals surface area (Å²) in [5.41, 5.74) is 6.60. The molecule has 1 unspecified atom stereocenters. The number of pyridine rings is 1. The lowest BCUT2D eigenvalue weighted by atomic mass is 10.1. The highest BCUT2D eigenvalue weighted by Crippen LogP contribution is 2.01. The van der Waals surface area contributed by atoms with Gasteiger partial charge in [-0.05, 0) is 25.8 Å². The van der Waals surface area contributed by atoms with E-state index in [0.29, 0.717) is 11.5 Å². The van der Waals surface area contributed by atoms with Crippen LogP contribution in [0.5, 0.6) is 0 Å². The van der Waals surface area contributed by atoms with Crippen molar-refractivity contribution in [3.05, 3.63) is 33.7 Å². The van der Waals surface area contributed by atoms with Gasteiger partial charge in [0.2, 0.25) is 5.91 Å². The Morgan fingerprint density at radius 1 is 1.37 bits per heavy atom. The summed E-state index contributed by atoms with van der Waals surface area (Å²) in [4.78, 5) is 24.0. The first-order valence-corrected chi connectivity index (χ1v) is 6.55. The summed E-state index contributed by atoms with van der Waals surface area (Å²) >= 11 is 0. The van der Waals surface area contributed by atoms with Gasteiger partial charge in [-0.3, -0.25) is 9.59 Å². The molecule has 1 atom stereocenters. The van der Waals surface area contributed by atoms with E-state index in [-0.39, 0.29) is 30.6 Å². The second-order valence-corrected chi connectivity index (χ2v) is 5.20. The Labute approximate surface area is 113 Å². The Balaban J connectivity index is 2.88. The number of amides is 1. The first kappa shape index (κ1) is 15.4. The first-order valence-electron chi connectivity index (χ1n) is 6.55. The van der Waals surface area contributed by atoms with Crippen molar-refractivity contribution >= 4 is 5.91 Å². The number of aromatic nitrogens is 1. The Hall–Kier alpha value is -1.62. The summed E-state index contributed by atoms with van der Waals surface area (Å²) in [7, 11) is 0. The fourth-order valence-electron chi connectivity index (χ4n) is 1.68. The molecule has 1 heterocycles. The minimum Gasteiger partial charge on any atom is -0.352 e. The van der Waals surface area contributed by atoms with Gasteiger partial charge in [-0.25, -0.2) is 0 Å². The quantitative estimate of drug-likeness (QED) is 0.825. The van der Waals surface area contributed by atoms with Crippen molar-refractivity contribution < 1.29 is 4.79 Å². The van der Waals surface area contributed by atoms with Crippen molar-refractivity contribution in [1.29, 1.82) is 0 Å². The van der Waals surface area contributed by atoms with E-state index in [1.165, 1.54) is 4.57 Å². The molecule has 0 spiro atoms. The monoisotopic (exact) mass is 265 g/mol. The average molecular weight is 265 g/mol. The maximum absolute atomic E-state index is 12.1. The molecular weight excluding hydrogens is 242 g/mol. The molecule has 0 bridgehead atoms. The number of nitrogens with two attached hydrogens (primary N) is 1. The van der Waals surface area contributed by atoms with Crippen LogP contribution in [0.3, 0.4) is 0 Å². The van der Waals surface area contributed by atoms with Crippen molar-refractivity contribution in [3.8, 4) is 0 Å². The van der Waals surface area contributed by atoms with Gasteiger partial charge in [0.25, 0.3) is 5.56 Å². The zero-order valence-corrected chi connectivity index (χ0v) is 12.1. The summed E-state index contributed by atoms with van der Waals surface area (Å²) in [6, 6.07) is 3.60. The predicted octanol–water partition coefficient (Wildman–Crippen LogP) is 0.776. The van der Waals surface area contributed by atoms with Crippen molar-refractivity contribution in [2.75, 3.05) is 0 Å². The van der Waals surface area contributed by atoms with Gasteiger partial charge in [-0.1, -0.05) is 19.9 Å². The zero-order chi connectivity index (χ0) is 14.6. The molecule has 0 aromatic carbocycles. The Morgan fingerprint density at radius 3 is 2.53 bits per heavy atom. The van der Waals surface area contributed by atoms with Crippen LogP contribution in [0.1, 0.15) is 32.0 Å². The lowest BCUT2D eigenvalue weighted by Gasteiger charge is -2.18. The highest BCUT2D eigenvalue weighted by Gasteiger charge is 2.13. The molecule has 3 N–H and O–H groups in total. The van der Waals surface area contributed by atoms with E-state index < -0.39 is 0 Å². The minimum atomic E-state index is -0.185. The van der Waals surface area contributed by atoms with Crippen LogP contribution < -0.4 is 16.6 Å². The molecule has 5 nitrogen and oxygen atoms in total. The molecule has 1 rings (SSSR count). The number of nitrogens with zero attached hydrogens (tertiary/aromatic N) is 1. The fourth-order valence-corrected chi connectivity index (χ4v) is 1.68. The summed E-state index contributed by atoms with van der Waals surface area (Å²) in [6.45, 7) is 8.06. The molecule has 1 aromatic rings. The van der Waals surface area contributed by atoms with Gasteiger partial charge in [-0.2, -0.15) is 0 Å². The molecule has 1 aromatic heterocycles.